The minimum Gasteiger partial charge on any atom is -0.490 e. The first-order chi connectivity index (χ1) is 8.31. The number of rotatable bonds is 7. The zero-order chi connectivity index (χ0) is 12.5. The van der Waals surface area contributed by atoms with Crippen LogP contribution in [0, 0.1) is 0 Å². The van der Waals surface area contributed by atoms with Crippen molar-refractivity contribution in [2.75, 3.05) is 20.3 Å². The normalized spacial score (nSPS) is 10.8. The third kappa shape index (κ3) is 4.49. The summed E-state index contributed by atoms with van der Waals surface area (Å²) in [6.07, 6.45) is 3.94. The molecule has 0 aliphatic carbocycles. The molecular formula is C14H21NO2. The number of hydrogen-bond donors (Lipinski definition) is 1. The van der Waals surface area contributed by atoms with Gasteiger partial charge in [0.15, 0.2) is 11.5 Å². The van der Waals surface area contributed by atoms with Crippen LogP contribution in [0.5, 0.6) is 11.5 Å². The number of hydrogen-bond acceptors (Lipinski definition) is 3. The van der Waals surface area contributed by atoms with Crippen LogP contribution in [0.15, 0.2) is 30.4 Å². The lowest BCUT2D eigenvalue weighted by Crippen LogP contribution is -2.06. The van der Waals surface area contributed by atoms with E-state index in [1.807, 2.05) is 51.2 Å². The van der Waals surface area contributed by atoms with E-state index in [0.29, 0.717) is 13.2 Å². The lowest BCUT2D eigenvalue weighted by Gasteiger charge is -2.12. The van der Waals surface area contributed by atoms with Crippen LogP contribution in [0.25, 0.3) is 0 Å². The Kier molecular flexibility index (Phi) is 6.18. The molecule has 0 saturated heterocycles. The van der Waals surface area contributed by atoms with Crippen LogP contribution < -0.4 is 14.8 Å². The molecule has 1 aromatic carbocycles. The molecular weight excluding hydrogens is 214 g/mol. The minimum atomic E-state index is 0.571. The fourth-order valence-corrected chi connectivity index (χ4v) is 1.49. The van der Waals surface area contributed by atoms with Gasteiger partial charge >= 0.3 is 0 Å². The van der Waals surface area contributed by atoms with Gasteiger partial charge in [0.25, 0.3) is 0 Å². The van der Waals surface area contributed by atoms with Gasteiger partial charge < -0.3 is 14.8 Å². The van der Waals surface area contributed by atoms with Crippen molar-refractivity contribution in [2.45, 2.75) is 20.4 Å². The maximum absolute atomic E-state index is 5.63. The number of ether oxygens (including phenoxy) is 2. The molecule has 0 saturated carbocycles. The Hall–Kier alpha value is -1.48. The second kappa shape index (κ2) is 7.74. The van der Waals surface area contributed by atoms with Crippen LogP contribution in [-0.4, -0.2) is 20.3 Å². The first kappa shape index (κ1) is 13.6. The van der Waals surface area contributed by atoms with Crippen molar-refractivity contribution in [3.8, 4) is 11.5 Å². The molecule has 0 aliphatic rings. The lowest BCUT2D eigenvalue weighted by molar-refractivity contribution is 0.296. The van der Waals surface area contributed by atoms with E-state index in [1.165, 1.54) is 5.56 Å². The predicted octanol–water partition coefficient (Wildman–Crippen LogP) is 2.76. The SMILES string of the molecule is C/C=C/COc1ccc(CNC)cc1OCC. The molecule has 0 unspecified atom stereocenters. The van der Waals surface area contributed by atoms with Crippen molar-refractivity contribution in [1.29, 1.82) is 0 Å². The Bertz CT molecular complexity index is 361. The van der Waals surface area contributed by atoms with E-state index in [0.717, 1.165) is 18.0 Å². The van der Waals surface area contributed by atoms with Gasteiger partial charge in [0.05, 0.1) is 6.61 Å². The van der Waals surface area contributed by atoms with Crippen molar-refractivity contribution < 1.29 is 9.47 Å². The Morgan fingerprint density at radius 3 is 2.71 bits per heavy atom. The number of allylic oxidation sites excluding steroid dienone is 1. The van der Waals surface area contributed by atoms with Gasteiger partial charge in [-0.2, -0.15) is 0 Å². The molecule has 1 N–H and O–H groups in total. The second-order valence-corrected chi connectivity index (χ2v) is 3.62. The first-order valence-electron chi connectivity index (χ1n) is 5.96. The minimum absolute atomic E-state index is 0.571. The summed E-state index contributed by atoms with van der Waals surface area (Å²) in [5, 5.41) is 3.12. The van der Waals surface area contributed by atoms with Gasteiger partial charge in [-0.25, -0.2) is 0 Å². The molecule has 17 heavy (non-hydrogen) atoms. The molecule has 1 aromatic rings. The maximum Gasteiger partial charge on any atom is 0.161 e. The van der Waals surface area contributed by atoms with E-state index in [4.69, 9.17) is 9.47 Å². The summed E-state index contributed by atoms with van der Waals surface area (Å²) in [5.41, 5.74) is 1.19. The topological polar surface area (TPSA) is 30.5 Å². The Labute approximate surface area is 103 Å². The number of nitrogens with one attached hydrogen (secondary N) is 1. The van der Waals surface area contributed by atoms with Crippen LogP contribution in [0.4, 0.5) is 0 Å². The standard InChI is InChI=1S/C14H21NO2/c1-4-6-9-17-13-8-7-12(11-15-3)10-14(13)16-5-2/h4,6-8,10,15H,5,9,11H2,1-3H3/b6-4+. The van der Waals surface area contributed by atoms with E-state index in [2.05, 4.69) is 5.32 Å². The summed E-state index contributed by atoms with van der Waals surface area (Å²) in [6.45, 7) is 5.99. The molecule has 0 aromatic heterocycles. The zero-order valence-electron chi connectivity index (χ0n) is 10.8. The van der Waals surface area contributed by atoms with Crippen molar-refractivity contribution in [3.63, 3.8) is 0 Å². The largest absolute Gasteiger partial charge is 0.490 e. The van der Waals surface area contributed by atoms with E-state index in [1.54, 1.807) is 0 Å². The molecule has 94 valence electrons. The Balaban J connectivity index is 2.79. The van der Waals surface area contributed by atoms with Crippen molar-refractivity contribution >= 4 is 0 Å². The summed E-state index contributed by atoms with van der Waals surface area (Å²) in [4.78, 5) is 0. The van der Waals surface area contributed by atoms with Gasteiger partial charge in [0.2, 0.25) is 0 Å². The van der Waals surface area contributed by atoms with Crippen molar-refractivity contribution in [1.82, 2.24) is 5.32 Å². The third-order valence-electron chi connectivity index (χ3n) is 2.26. The summed E-state index contributed by atoms with van der Waals surface area (Å²) in [5.74, 6) is 1.61. The fourth-order valence-electron chi connectivity index (χ4n) is 1.49. The van der Waals surface area contributed by atoms with Gasteiger partial charge in [-0.15, -0.1) is 0 Å². The molecule has 0 spiro atoms. The highest BCUT2D eigenvalue weighted by Crippen LogP contribution is 2.28. The van der Waals surface area contributed by atoms with Crippen LogP contribution in [-0.2, 0) is 6.54 Å². The first-order valence-corrected chi connectivity index (χ1v) is 5.96. The summed E-state index contributed by atoms with van der Waals surface area (Å²) in [7, 11) is 1.93. The summed E-state index contributed by atoms with van der Waals surface area (Å²) < 4.78 is 11.2. The average molecular weight is 235 g/mol. The zero-order valence-corrected chi connectivity index (χ0v) is 10.8. The molecule has 3 nitrogen and oxygen atoms in total. The van der Waals surface area contributed by atoms with Crippen molar-refractivity contribution in [3.05, 3.63) is 35.9 Å². The molecule has 0 atom stereocenters. The van der Waals surface area contributed by atoms with Crippen LogP contribution >= 0.6 is 0 Å². The molecule has 0 aliphatic heterocycles. The summed E-state index contributed by atoms with van der Waals surface area (Å²) >= 11 is 0. The fraction of sp³-hybridized carbons (Fsp3) is 0.429. The highest BCUT2D eigenvalue weighted by Gasteiger charge is 2.05. The second-order valence-electron chi connectivity index (χ2n) is 3.62. The van der Waals surface area contributed by atoms with Gasteiger partial charge in [0.1, 0.15) is 6.61 Å². The summed E-state index contributed by atoms with van der Waals surface area (Å²) in [6, 6.07) is 6.02. The molecule has 0 heterocycles. The van der Waals surface area contributed by atoms with E-state index < -0.39 is 0 Å². The van der Waals surface area contributed by atoms with E-state index >= 15 is 0 Å². The smallest absolute Gasteiger partial charge is 0.161 e. The van der Waals surface area contributed by atoms with Crippen molar-refractivity contribution in [2.24, 2.45) is 0 Å². The molecule has 3 heteroatoms. The number of benzene rings is 1. The van der Waals surface area contributed by atoms with Crippen LogP contribution in [0.3, 0.4) is 0 Å². The van der Waals surface area contributed by atoms with E-state index in [-0.39, 0.29) is 0 Å². The van der Waals surface area contributed by atoms with E-state index in [9.17, 15) is 0 Å². The van der Waals surface area contributed by atoms with Gasteiger partial charge in [-0.05, 0) is 38.6 Å². The molecule has 1 rings (SSSR count). The molecule has 0 amide bonds. The monoisotopic (exact) mass is 235 g/mol. The molecule has 0 bridgehead atoms. The maximum atomic E-state index is 5.63. The highest BCUT2D eigenvalue weighted by molar-refractivity contribution is 5.43. The van der Waals surface area contributed by atoms with Gasteiger partial charge in [-0.3, -0.25) is 0 Å². The van der Waals surface area contributed by atoms with Gasteiger partial charge in [-0.1, -0.05) is 18.2 Å². The Morgan fingerprint density at radius 1 is 1.24 bits per heavy atom. The highest BCUT2D eigenvalue weighted by atomic mass is 16.5. The predicted molar refractivity (Wildman–Crippen MR) is 70.7 cm³/mol. The lowest BCUT2D eigenvalue weighted by atomic mass is 10.2. The van der Waals surface area contributed by atoms with Gasteiger partial charge in [0, 0.05) is 6.54 Å². The quantitative estimate of drug-likeness (QED) is 0.737. The third-order valence-corrected chi connectivity index (χ3v) is 2.26. The molecule has 0 radical (unpaired) electrons. The average Bonchev–Trinajstić information content (AvgIpc) is 2.33. The Morgan fingerprint density at radius 2 is 2.06 bits per heavy atom. The van der Waals surface area contributed by atoms with Crippen LogP contribution in [0.1, 0.15) is 19.4 Å². The van der Waals surface area contributed by atoms with Crippen LogP contribution in [0.2, 0.25) is 0 Å². The molecule has 0 fully saturated rings.